The first-order valence-corrected chi connectivity index (χ1v) is 11.5. The number of rotatable bonds is 5. The first kappa shape index (κ1) is 20.9. The van der Waals surface area contributed by atoms with Gasteiger partial charge in [0, 0.05) is 11.6 Å². The number of H-pyrrole nitrogens is 1. The number of aromatic nitrogens is 1. The summed E-state index contributed by atoms with van der Waals surface area (Å²) in [6.07, 6.45) is 1.88. The van der Waals surface area contributed by atoms with Crippen LogP contribution in [0, 0.1) is 6.92 Å². The minimum absolute atomic E-state index is 0.0664. The summed E-state index contributed by atoms with van der Waals surface area (Å²) in [5.41, 5.74) is 1.66. The molecular weight excluding hydrogens is 412 g/mol. The summed E-state index contributed by atoms with van der Waals surface area (Å²) >= 11 is 0. The Morgan fingerprint density at radius 1 is 0.903 bits per heavy atom. The zero-order valence-corrected chi connectivity index (χ0v) is 18.0. The van der Waals surface area contributed by atoms with Gasteiger partial charge in [-0.1, -0.05) is 35.9 Å². The summed E-state index contributed by atoms with van der Waals surface area (Å²) in [7, 11) is -3.85. The number of benzene rings is 2. The second-order valence-corrected chi connectivity index (χ2v) is 9.01. The Morgan fingerprint density at radius 3 is 2.23 bits per heavy atom. The van der Waals surface area contributed by atoms with E-state index in [0.717, 1.165) is 24.5 Å². The van der Waals surface area contributed by atoms with E-state index in [0.29, 0.717) is 24.3 Å². The predicted molar refractivity (Wildman–Crippen MR) is 119 cm³/mol. The van der Waals surface area contributed by atoms with Gasteiger partial charge in [0.1, 0.15) is 23.1 Å². The van der Waals surface area contributed by atoms with Gasteiger partial charge in [-0.25, -0.2) is 13.4 Å². The first-order chi connectivity index (χ1) is 14.9. The number of carbonyl (C=O) groups is 1. The smallest absolute Gasteiger partial charge is 0.274 e. The van der Waals surface area contributed by atoms with Gasteiger partial charge in [0.05, 0.1) is 24.2 Å². The fourth-order valence-electron chi connectivity index (χ4n) is 3.53. The number of hydrogen-bond donors (Lipinski definition) is 0. The molecule has 7 nitrogen and oxygen atoms in total. The van der Waals surface area contributed by atoms with E-state index in [9.17, 15) is 13.2 Å². The largest absolute Gasteiger partial charge is 0.572 e. The minimum Gasteiger partial charge on any atom is -0.572 e. The number of nitrogens with one attached hydrogen (secondary N) is 1. The highest BCUT2D eigenvalue weighted by Gasteiger charge is 2.26. The van der Waals surface area contributed by atoms with Crippen molar-refractivity contribution in [3.8, 4) is 0 Å². The Kier molecular flexibility index (Phi) is 5.90. The van der Waals surface area contributed by atoms with Crippen LogP contribution < -0.4 is 9.88 Å². The predicted octanol–water partition coefficient (Wildman–Crippen LogP) is 3.17. The number of sulfonamides is 1. The molecule has 3 aromatic rings. The van der Waals surface area contributed by atoms with E-state index in [1.54, 1.807) is 29.2 Å². The monoisotopic (exact) mass is 436 g/mol. The second kappa shape index (κ2) is 8.77. The van der Waals surface area contributed by atoms with E-state index in [1.165, 1.54) is 12.1 Å². The number of carbonyl (C=O) groups excluding carboxylic acids is 1. The minimum atomic E-state index is -3.85. The van der Waals surface area contributed by atoms with Gasteiger partial charge in [-0.2, -0.15) is 0 Å². The van der Waals surface area contributed by atoms with Gasteiger partial charge in [0.25, 0.3) is 11.7 Å². The SMILES string of the molecule is Cc1ccccc1[N-]S(=O)(=O)c1ccc(C(=O)N2CCN(c3cccc[nH+]3)CC2)cc1. The Balaban J connectivity index is 1.41. The highest BCUT2D eigenvalue weighted by molar-refractivity contribution is 7.94. The summed E-state index contributed by atoms with van der Waals surface area (Å²) in [5, 5.41) is 0. The molecule has 1 N–H and O–H groups in total. The molecule has 1 aliphatic rings. The molecule has 0 saturated carbocycles. The lowest BCUT2D eigenvalue weighted by Crippen LogP contribution is -2.50. The number of nitrogens with zero attached hydrogens (tertiary/aromatic N) is 3. The van der Waals surface area contributed by atoms with Crippen LogP contribution in [0.1, 0.15) is 15.9 Å². The standard InChI is InChI=1S/C23H23N4O3S/c1-18-6-2-3-7-21(18)25-31(29,30)20-11-9-19(10-12-20)23(28)27-16-14-26(15-17-27)22-8-4-5-13-24-22/h2-13H,14-17H2,1H3/q-1/p+1. The van der Waals surface area contributed by atoms with E-state index < -0.39 is 10.0 Å². The molecule has 8 heteroatoms. The van der Waals surface area contributed by atoms with Crippen LogP contribution in [0.15, 0.2) is 77.8 Å². The Labute approximate surface area is 182 Å². The number of piperazine rings is 1. The summed E-state index contributed by atoms with van der Waals surface area (Å²) in [6.45, 7) is 4.47. The third kappa shape index (κ3) is 4.69. The molecular formula is C23H24N4O3S. The third-order valence-corrected chi connectivity index (χ3v) is 6.64. The number of anilines is 1. The molecule has 4 rings (SSSR count). The van der Waals surface area contributed by atoms with E-state index >= 15 is 0 Å². The molecule has 0 radical (unpaired) electrons. The van der Waals surface area contributed by atoms with Crippen LogP contribution in [0.5, 0.6) is 0 Å². The molecule has 2 aromatic carbocycles. The van der Waals surface area contributed by atoms with Crippen LogP contribution in [-0.2, 0) is 10.0 Å². The van der Waals surface area contributed by atoms with Gasteiger partial charge in [-0.05, 0) is 37.3 Å². The van der Waals surface area contributed by atoms with E-state index in [4.69, 9.17) is 0 Å². The van der Waals surface area contributed by atoms with Gasteiger partial charge < -0.3 is 9.62 Å². The van der Waals surface area contributed by atoms with Crippen LogP contribution in [0.25, 0.3) is 4.72 Å². The molecule has 2 heterocycles. The number of hydrogen-bond acceptors (Lipinski definition) is 4. The van der Waals surface area contributed by atoms with Crippen LogP contribution >= 0.6 is 0 Å². The maximum atomic E-state index is 12.9. The zero-order valence-electron chi connectivity index (χ0n) is 17.2. The lowest BCUT2D eigenvalue weighted by atomic mass is 10.2. The van der Waals surface area contributed by atoms with Gasteiger partial charge in [-0.3, -0.25) is 9.69 Å². The molecule has 31 heavy (non-hydrogen) atoms. The lowest BCUT2D eigenvalue weighted by molar-refractivity contribution is -0.364. The molecule has 0 atom stereocenters. The first-order valence-electron chi connectivity index (χ1n) is 10.1. The number of aryl methyl sites for hydroxylation is 1. The van der Waals surface area contributed by atoms with Crippen LogP contribution in [0.4, 0.5) is 11.5 Å². The van der Waals surface area contributed by atoms with Gasteiger partial charge in [0.2, 0.25) is 0 Å². The second-order valence-electron chi connectivity index (χ2n) is 7.40. The van der Waals surface area contributed by atoms with Crippen molar-refractivity contribution in [1.29, 1.82) is 0 Å². The Morgan fingerprint density at radius 2 is 1.58 bits per heavy atom. The molecule has 1 aromatic heterocycles. The maximum Gasteiger partial charge on any atom is 0.274 e. The summed E-state index contributed by atoms with van der Waals surface area (Å²) < 4.78 is 29.2. The Bertz CT molecular complexity index is 1160. The number of amides is 1. The highest BCUT2D eigenvalue weighted by Crippen LogP contribution is 2.30. The molecule has 160 valence electrons. The van der Waals surface area contributed by atoms with Crippen molar-refractivity contribution in [2.75, 3.05) is 31.1 Å². The summed E-state index contributed by atoms with van der Waals surface area (Å²) in [4.78, 5) is 20.1. The van der Waals surface area contributed by atoms with E-state index in [1.807, 2.05) is 43.5 Å². The summed E-state index contributed by atoms with van der Waals surface area (Å²) in [6, 6.07) is 19.0. The van der Waals surface area contributed by atoms with Gasteiger partial charge in [-0.15, -0.1) is 5.69 Å². The van der Waals surface area contributed by atoms with Crippen molar-refractivity contribution in [3.63, 3.8) is 0 Å². The lowest BCUT2D eigenvalue weighted by Gasteiger charge is -2.31. The molecule has 1 fully saturated rings. The van der Waals surface area contributed by atoms with Crippen LogP contribution in [0.2, 0.25) is 0 Å². The molecule has 0 unspecified atom stereocenters. The van der Waals surface area contributed by atoms with Crippen molar-refractivity contribution in [2.24, 2.45) is 0 Å². The highest BCUT2D eigenvalue weighted by atomic mass is 32.2. The van der Waals surface area contributed by atoms with Crippen molar-refractivity contribution in [3.05, 3.63) is 88.8 Å². The molecule has 1 saturated heterocycles. The topological polar surface area (TPSA) is 85.9 Å². The molecule has 1 aliphatic heterocycles. The van der Waals surface area contributed by atoms with Gasteiger partial charge in [0.15, 0.2) is 0 Å². The van der Waals surface area contributed by atoms with Crippen LogP contribution in [0.3, 0.4) is 0 Å². The fourth-order valence-corrected chi connectivity index (χ4v) is 4.58. The number of pyridine rings is 1. The van der Waals surface area contributed by atoms with Crippen molar-refractivity contribution < 1.29 is 18.2 Å². The maximum absolute atomic E-state index is 12.9. The van der Waals surface area contributed by atoms with Crippen molar-refractivity contribution >= 4 is 27.4 Å². The zero-order chi connectivity index (χ0) is 21.8. The van der Waals surface area contributed by atoms with E-state index in [-0.39, 0.29) is 10.8 Å². The third-order valence-electron chi connectivity index (χ3n) is 5.33. The molecule has 0 spiro atoms. The average Bonchev–Trinajstić information content (AvgIpc) is 2.81. The summed E-state index contributed by atoms with van der Waals surface area (Å²) in [5.74, 6) is 0.929. The molecule has 0 bridgehead atoms. The quantitative estimate of drug-likeness (QED) is 0.615. The van der Waals surface area contributed by atoms with Crippen molar-refractivity contribution in [1.82, 2.24) is 4.90 Å². The number of aromatic amines is 1. The van der Waals surface area contributed by atoms with Gasteiger partial charge >= 0.3 is 0 Å². The molecule has 0 aliphatic carbocycles. The fraction of sp³-hybridized carbons (Fsp3) is 0.217. The Hall–Kier alpha value is -3.39. The average molecular weight is 437 g/mol. The molecule has 1 amide bonds. The van der Waals surface area contributed by atoms with Crippen molar-refractivity contribution in [2.45, 2.75) is 11.8 Å². The van der Waals surface area contributed by atoms with Crippen LogP contribution in [-0.4, -0.2) is 45.4 Å². The normalized spacial score (nSPS) is 14.4. The van der Waals surface area contributed by atoms with E-state index in [2.05, 4.69) is 14.6 Å².